The summed E-state index contributed by atoms with van der Waals surface area (Å²) in [6.45, 7) is 1.55. The van der Waals surface area contributed by atoms with Gasteiger partial charge in [0.05, 0.1) is 0 Å². The number of nitrogens with one attached hydrogen (secondary N) is 2. The van der Waals surface area contributed by atoms with E-state index in [1.54, 1.807) is 32.2 Å². The Morgan fingerprint density at radius 3 is 2.67 bits per heavy atom. The van der Waals surface area contributed by atoms with Crippen molar-refractivity contribution in [3.63, 3.8) is 0 Å². The molecule has 0 saturated carbocycles. The maximum atomic E-state index is 14.0. The molecule has 2 aromatic carbocycles. The van der Waals surface area contributed by atoms with Crippen LogP contribution in [0.2, 0.25) is 0 Å². The minimum absolute atomic E-state index is 0.161. The molecule has 1 heterocycles. The van der Waals surface area contributed by atoms with E-state index in [1.807, 2.05) is 6.07 Å². The van der Waals surface area contributed by atoms with E-state index in [4.69, 9.17) is 4.74 Å². The molecule has 2 N–H and O–H groups in total. The third kappa shape index (κ3) is 4.76. The van der Waals surface area contributed by atoms with Gasteiger partial charge in [-0.2, -0.15) is 0 Å². The third-order valence-corrected chi connectivity index (χ3v) is 5.33. The van der Waals surface area contributed by atoms with Gasteiger partial charge in [0.1, 0.15) is 28.5 Å². The topological polar surface area (TPSA) is 71.2 Å². The van der Waals surface area contributed by atoms with Crippen LogP contribution in [0.1, 0.15) is 32.7 Å². The summed E-state index contributed by atoms with van der Waals surface area (Å²) >= 11 is 3.24. The van der Waals surface area contributed by atoms with Crippen LogP contribution >= 0.6 is 15.9 Å². The second-order valence-corrected chi connectivity index (χ2v) is 7.47. The van der Waals surface area contributed by atoms with E-state index in [2.05, 4.69) is 26.2 Å². The van der Waals surface area contributed by atoms with Gasteiger partial charge in [0, 0.05) is 41.9 Å². The zero-order valence-electron chi connectivity index (χ0n) is 16.3. The van der Waals surface area contributed by atoms with Crippen molar-refractivity contribution < 1.29 is 18.3 Å². The fourth-order valence-electron chi connectivity index (χ4n) is 3.03. The van der Waals surface area contributed by atoms with Crippen LogP contribution in [0.3, 0.4) is 0 Å². The van der Waals surface area contributed by atoms with E-state index in [9.17, 15) is 18.4 Å². The second kappa shape index (κ2) is 9.21. The summed E-state index contributed by atoms with van der Waals surface area (Å²) in [7, 11) is 1.55. The highest BCUT2D eigenvalue weighted by Crippen LogP contribution is 2.31. The zero-order chi connectivity index (χ0) is 21.8. The van der Waals surface area contributed by atoms with Crippen LogP contribution < -0.4 is 15.6 Å². The fourth-order valence-corrected chi connectivity index (χ4v) is 3.48. The summed E-state index contributed by atoms with van der Waals surface area (Å²) in [6, 6.07) is 10.3. The van der Waals surface area contributed by atoms with E-state index in [0.717, 1.165) is 17.7 Å². The molecule has 0 spiro atoms. The number of benzene rings is 2. The van der Waals surface area contributed by atoms with Gasteiger partial charge in [-0.15, -0.1) is 0 Å². The molecule has 0 aliphatic rings. The summed E-state index contributed by atoms with van der Waals surface area (Å²) in [5, 5.41) is 2.58. The largest absolute Gasteiger partial charge is 0.487 e. The normalized spacial score (nSPS) is 10.7. The second-order valence-electron chi connectivity index (χ2n) is 6.68. The number of aromatic amines is 1. The van der Waals surface area contributed by atoms with Gasteiger partial charge in [0.25, 0.3) is 11.5 Å². The number of hydrogen-bond donors (Lipinski definition) is 2. The summed E-state index contributed by atoms with van der Waals surface area (Å²) in [6.07, 6.45) is 0.368. The van der Waals surface area contributed by atoms with Crippen LogP contribution in [0.5, 0.6) is 5.75 Å². The Kier molecular flexibility index (Phi) is 6.66. The van der Waals surface area contributed by atoms with Crippen molar-refractivity contribution in [1.29, 1.82) is 0 Å². The van der Waals surface area contributed by atoms with Crippen molar-refractivity contribution in [2.45, 2.75) is 20.0 Å². The average molecular weight is 477 g/mol. The molecule has 3 rings (SSSR count). The van der Waals surface area contributed by atoms with Gasteiger partial charge in [-0.1, -0.05) is 12.1 Å². The molecule has 1 aromatic heterocycles. The number of halogens is 3. The molecule has 5 nitrogen and oxygen atoms in total. The smallest absolute Gasteiger partial charge is 0.266 e. The van der Waals surface area contributed by atoms with E-state index in [0.29, 0.717) is 23.2 Å². The molecule has 3 aromatic rings. The molecule has 1 amide bonds. The van der Waals surface area contributed by atoms with Crippen molar-refractivity contribution in [3.8, 4) is 5.75 Å². The molecule has 0 fully saturated rings. The molecule has 0 atom stereocenters. The Morgan fingerprint density at radius 2 is 1.97 bits per heavy atom. The molecule has 0 aliphatic carbocycles. The first-order valence-electron chi connectivity index (χ1n) is 9.09. The zero-order valence-corrected chi connectivity index (χ0v) is 17.9. The number of aromatic nitrogens is 1. The molecule has 0 radical (unpaired) electrons. The molecule has 0 bridgehead atoms. The van der Waals surface area contributed by atoms with Gasteiger partial charge in [-0.05, 0) is 52.7 Å². The van der Waals surface area contributed by atoms with Crippen LogP contribution in [0.15, 0.2) is 51.7 Å². The number of H-pyrrole nitrogens is 1. The van der Waals surface area contributed by atoms with Crippen LogP contribution in [0.25, 0.3) is 0 Å². The lowest BCUT2D eigenvalue weighted by Crippen LogP contribution is -2.18. The number of ether oxygens (including phenoxy) is 1. The highest BCUT2D eigenvalue weighted by molar-refractivity contribution is 9.10. The molecular formula is C22H19BrF2N2O3. The van der Waals surface area contributed by atoms with Crippen LogP contribution in [0.4, 0.5) is 8.78 Å². The standard InChI is InChI=1S/C22H19BrF2N2O3/c1-12-17(9-13-4-3-5-14(8-13)21(28)26-2)20(19(23)22(29)27-12)30-11-15-6-7-16(24)10-18(15)25/h3-8,10H,9,11H2,1-2H3,(H,26,28)(H,27,29). The lowest BCUT2D eigenvalue weighted by Gasteiger charge is -2.16. The maximum Gasteiger partial charge on any atom is 0.266 e. The van der Waals surface area contributed by atoms with Crippen molar-refractivity contribution in [2.75, 3.05) is 7.05 Å². The number of aryl methyl sites for hydroxylation is 1. The first-order chi connectivity index (χ1) is 14.3. The van der Waals surface area contributed by atoms with Gasteiger partial charge in [0.2, 0.25) is 0 Å². The minimum atomic E-state index is -0.729. The molecule has 8 heteroatoms. The van der Waals surface area contributed by atoms with Crippen LogP contribution in [-0.4, -0.2) is 17.9 Å². The molecular weight excluding hydrogens is 458 g/mol. The van der Waals surface area contributed by atoms with E-state index < -0.39 is 11.6 Å². The summed E-state index contributed by atoms with van der Waals surface area (Å²) in [5.74, 6) is -1.35. The monoisotopic (exact) mass is 476 g/mol. The van der Waals surface area contributed by atoms with Crippen molar-refractivity contribution >= 4 is 21.8 Å². The SMILES string of the molecule is CNC(=O)c1cccc(Cc2c(C)[nH]c(=O)c(Br)c2OCc2ccc(F)cc2F)c1. The van der Waals surface area contributed by atoms with Crippen LogP contribution in [-0.2, 0) is 13.0 Å². The number of amides is 1. The maximum absolute atomic E-state index is 14.0. The van der Waals surface area contributed by atoms with Gasteiger partial charge in [-0.3, -0.25) is 9.59 Å². The number of rotatable bonds is 6. The first kappa shape index (κ1) is 21.7. The van der Waals surface area contributed by atoms with E-state index in [1.165, 1.54) is 6.07 Å². The van der Waals surface area contributed by atoms with Crippen LogP contribution in [0, 0.1) is 18.6 Å². The van der Waals surface area contributed by atoms with E-state index in [-0.39, 0.29) is 33.9 Å². The molecule has 30 heavy (non-hydrogen) atoms. The molecule has 156 valence electrons. The van der Waals surface area contributed by atoms with Crippen molar-refractivity contribution in [1.82, 2.24) is 10.3 Å². The highest BCUT2D eigenvalue weighted by Gasteiger charge is 2.18. The van der Waals surface area contributed by atoms with Gasteiger partial charge < -0.3 is 15.0 Å². The lowest BCUT2D eigenvalue weighted by molar-refractivity contribution is 0.0963. The Labute approximate surface area is 180 Å². The molecule has 0 unspecified atom stereocenters. The van der Waals surface area contributed by atoms with E-state index >= 15 is 0 Å². The Hall–Kier alpha value is -3.00. The molecule has 0 aliphatic heterocycles. The fraction of sp³-hybridized carbons (Fsp3) is 0.182. The average Bonchev–Trinajstić information content (AvgIpc) is 2.72. The number of pyridine rings is 1. The Balaban J connectivity index is 1.96. The summed E-state index contributed by atoms with van der Waals surface area (Å²) < 4.78 is 33.1. The number of carbonyl (C=O) groups is 1. The van der Waals surface area contributed by atoms with Crippen molar-refractivity contribution in [3.05, 3.63) is 96.9 Å². The quantitative estimate of drug-likeness (QED) is 0.558. The molecule has 0 saturated heterocycles. The predicted octanol–water partition coefficient (Wildman–Crippen LogP) is 4.25. The third-order valence-electron chi connectivity index (χ3n) is 4.61. The Bertz CT molecular complexity index is 1160. The van der Waals surface area contributed by atoms with Gasteiger partial charge >= 0.3 is 0 Å². The number of hydrogen-bond acceptors (Lipinski definition) is 3. The first-order valence-corrected chi connectivity index (χ1v) is 9.88. The summed E-state index contributed by atoms with van der Waals surface area (Å²) in [5.41, 5.74) is 2.38. The van der Waals surface area contributed by atoms with Crippen molar-refractivity contribution in [2.24, 2.45) is 0 Å². The van der Waals surface area contributed by atoms with Gasteiger partial charge in [0.15, 0.2) is 0 Å². The number of carbonyl (C=O) groups excluding carboxylic acids is 1. The summed E-state index contributed by atoms with van der Waals surface area (Å²) in [4.78, 5) is 26.9. The Morgan fingerprint density at radius 1 is 1.20 bits per heavy atom. The highest BCUT2D eigenvalue weighted by atomic mass is 79.9. The lowest BCUT2D eigenvalue weighted by atomic mass is 10.0. The predicted molar refractivity (Wildman–Crippen MR) is 113 cm³/mol. The minimum Gasteiger partial charge on any atom is -0.487 e. The van der Waals surface area contributed by atoms with Gasteiger partial charge in [-0.25, -0.2) is 8.78 Å².